The van der Waals surface area contributed by atoms with Crippen molar-refractivity contribution < 1.29 is 29.0 Å². The summed E-state index contributed by atoms with van der Waals surface area (Å²) in [4.78, 5) is 35.0. The number of carbonyl (C=O) groups excluding carboxylic acids is 2. The lowest BCUT2D eigenvalue weighted by molar-refractivity contribution is -0.138. The predicted octanol–water partition coefficient (Wildman–Crippen LogP) is 3.79. The van der Waals surface area contributed by atoms with Crippen molar-refractivity contribution in [1.29, 1.82) is 0 Å². The maximum atomic E-state index is 12.5. The maximum absolute atomic E-state index is 12.5. The third kappa shape index (κ3) is 5.55. The van der Waals surface area contributed by atoms with Gasteiger partial charge in [0.1, 0.15) is 16.3 Å². The minimum atomic E-state index is -1.06. The Hall–Kier alpha value is -2.87. The van der Waals surface area contributed by atoms with Gasteiger partial charge in [-0.25, -0.2) is 4.79 Å². The van der Waals surface area contributed by atoms with Crippen LogP contribution in [0.1, 0.15) is 37.0 Å². The number of anilines is 1. The van der Waals surface area contributed by atoms with Gasteiger partial charge in [-0.1, -0.05) is 12.1 Å². The molecule has 0 bridgehead atoms. The smallest absolute Gasteiger partial charge is 0.341 e. The number of nitrogens with one attached hydrogen (secondary N) is 1. The number of amides is 1. The number of ether oxygens (including phenoxy) is 2. The van der Waals surface area contributed by atoms with E-state index in [0.717, 1.165) is 11.3 Å². The van der Waals surface area contributed by atoms with Gasteiger partial charge in [0.25, 0.3) is 0 Å². The van der Waals surface area contributed by atoms with Crippen LogP contribution >= 0.6 is 11.3 Å². The Morgan fingerprint density at radius 3 is 2.37 bits per heavy atom. The fraction of sp³-hybridized carbons (Fsp3) is 0.316. The van der Waals surface area contributed by atoms with Gasteiger partial charge in [0.2, 0.25) is 5.91 Å². The number of rotatable bonds is 9. The van der Waals surface area contributed by atoms with Crippen molar-refractivity contribution >= 4 is 34.2 Å². The van der Waals surface area contributed by atoms with Gasteiger partial charge in [-0.15, -0.1) is 11.3 Å². The number of hydrogen-bond acceptors (Lipinski definition) is 6. The van der Waals surface area contributed by atoms with Crippen molar-refractivity contribution in [3.8, 4) is 16.9 Å². The largest absolute Gasteiger partial charge is 0.494 e. The minimum Gasteiger partial charge on any atom is -0.494 e. The molecule has 2 N–H and O–H groups in total. The molecular formula is C19H21NO6S. The molecule has 2 aromatic rings. The summed E-state index contributed by atoms with van der Waals surface area (Å²) in [5, 5.41) is 13.4. The highest BCUT2D eigenvalue weighted by atomic mass is 32.1. The molecule has 1 aromatic heterocycles. The quantitative estimate of drug-likeness (QED) is 0.631. The predicted molar refractivity (Wildman–Crippen MR) is 102 cm³/mol. The third-order valence-electron chi connectivity index (χ3n) is 3.57. The maximum Gasteiger partial charge on any atom is 0.341 e. The van der Waals surface area contributed by atoms with Crippen molar-refractivity contribution in [3.63, 3.8) is 0 Å². The Kier molecular flexibility index (Phi) is 7.36. The molecule has 1 heterocycles. The lowest BCUT2D eigenvalue weighted by Gasteiger charge is -2.09. The Balaban J connectivity index is 2.31. The molecule has 0 saturated carbocycles. The van der Waals surface area contributed by atoms with Gasteiger partial charge >= 0.3 is 11.9 Å². The highest BCUT2D eigenvalue weighted by Crippen LogP contribution is 2.37. The SMILES string of the molecule is CCOC(=O)c1c(-c2ccc(OCC)cc2)csc1NC(=O)CCC(=O)O. The van der Waals surface area contributed by atoms with Gasteiger partial charge in [0.05, 0.1) is 19.6 Å². The lowest BCUT2D eigenvalue weighted by Crippen LogP contribution is -2.15. The van der Waals surface area contributed by atoms with Crippen LogP contribution < -0.4 is 10.1 Å². The first-order valence-corrected chi connectivity index (χ1v) is 9.37. The number of hydrogen-bond donors (Lipinski definition) is 2. The summed E-state index contributed by atoms with van der Waals surface area (Å²) in [7, 11) is 0. The Labute approximate surface area is 160 Å². The molecule has 144 valence electrons. The summed E-state index contributed by atoms with van der Waals surface area (Å²) in [5.74, 6) is -1.35. The minimum absolute atomic E-state index is 0.173. The molecule has 27 heavy (non-hydrogen) atoms. The van der Waals surface area contributed by atoms with Crippen LogP contribution in [0.2, 0.25) is 0 Å². The van der Waals surface area contributed by atoms with E-state index in [1.165, 1.54) is 11.3 Å². The highest BCUT2D eigenvalue weighted by molar-refractivity contribution is 7.15. The van der Waals surface area contributed by atoms with E-state index in [-0.39, 0.29) is 25.0 Å². The third-order valence-corrected chi connectivity index (χ3v) is 4.46. The van der Waals surface area contributed by atoms with Crippen molar-refractivity contribution in [2.75, 3.05) is 18.5 Å². The van der Waals surface area contributed by atoms with Gasteiger partial charge in [-0.05, 0) is 31.5 Å². The molecule has 0 unspecified atom stereocenters. The molecule has 0 aliphatic heterocycles. The number of aliphatic carboxylic acids is 1. The fourth-order valence-electron chi connectivity index (χ4n) is 2.38. The molecule has 0 aliphatic carbocycles. The van der Waals surface area contributed by atoms with Crippen LogP contribution in [-0.2, 0) is 14.3 Å². The van der Waals surface area contributed by atoms with Gasteiger partial charge in [0.15, 0.2) is 0 Å². The first-order valence-electron chi connectivity index (χ1n) is 8.49. The molecule has 1 aromatic carbocycles. The first kappa shape index (κ1) is 20.4. The second kappa shape index (κ2) is 9.72. The second-order valence-corrected chi connectivity index (χ2v) is 6.35. The molecule has 2 rings (SSSR count). The number of carbonyl (C=O) groups is 3. The Morgan fingerprint density at radius 2 is 1.78 bits per heavy atom. The average molecular weight is 391 g/mol. The van der Waals surface area contributed by atoms with E-state index in [2.05, 4.69) is 5.32 Å². The lowest BCUT2D eigenvalue weighted by atomic mass is 10.0. The topological polar surface area (TPSA) is 102 Å². The molecule has 0 atom stereocenters. The van der Waals surface area contributed by atoms with E-state index in [0.29, 0.717) is 17.2 Å². The number of thiophene rings is 1. The number of carboxylic acids is 1. The zero-order valence-electron chi connectivity index (χ0n) is 15.1. The van der Waals surface area contributed by atoms with Crippen molar-refractivity contribution in [2.45, 2.75) is 26.7 Å². The van der Waals surface area contributed by atoms with Crippen LogP contribution in [0.25, 0.3) is 11.1 Å². The molecular weight excluding hydrogens is 370 g/mol. The first-order chi connectivity index (χ1) is 13.0. The van der Waals surface area contributed by atoms with Crippen molar-refractivity contribution in [1.82, 2.24) is 0 Å². The van der Waals surface area contributed by atoms with Crippen LogP contribution in [0, 0.1) is 0 Å². The van der Waals surface area contributed by atoms with Crippen molar-refractivity contribution in [2.24, 2.45) is 0 Å². The summed E-state index contributed by atoms with van der Waals surface area (Å²) in [6.45, 7) is 4.35. The van der Waals surface area contributed by atoms with Crippen molar-refractivity contribution in [3.05, 3.63) is 35.2 Å². The Bertz CT molecular complexity index is 812. The van der Waals surface area contributed by atoms with Gasteiger partial charge in [0, 0.05) is 17.4 Å². The monoisotopic (exact) mass is 391 g/mol. The molecule has 7 nitrogen and oxygen atoms in total. The summed E-state index contributed by atoms with van der Waals surface area (Å²) in [6, 6.07) is 7.25. The van der Waals surface area contributed by atoms with Gasteiger partial charge in [-0.2, -0.15) is 0 Å². The van der Waals surface area contributed by atoms with Crippen LogP contribution in [0.15, 0.2) is 29.6 Å². The van der Waals surface area contributed by atoms with E-state index in [4.69, 9.17) is 14.6 Å². The average Bonchev–Trinajstić information content (AvgIpc) is 3.04. The van der Waals surface area contributed by atoms with Crippen LogP contribution in [0.5, 0.6) is 5.75 Å². The molecule has 0 spiro atoms. The molecule has 0 aliphatic rings. The van der Waals surface area contributed by atoms with E-state index in [1.807, 2.05) is 19.1 Å². The zero-order chi connectivity index (χ0) is 19.8. The van der Waals surface area contributed by atoms with E-state index < -0.39 is 17.8 Å². The highest BCUT2D eigenvalue weighted by Gasteiger charge is 2.23. The summed E-state index contributed by atoms with van der Waals surface area (Å²) in [5.41, 5.74) is 1.67. The van der Waals surface area contributed by atoms with E-state index >= 15 is 0 Å². The second-order valence-electron chi connectivity index (χ2n) is 5.47. The molecule has 1 amide bonds. The number of carboxylic acid groups (broad SMARTS) is 1. The summed E-state index contributed by atoms with van der Waals surface area (Å²) < 4.78 is 10.6. The standard InChI is InChI=1S/C19H21NO6S/c1-3-25-13-7-5-12(6-8-13)14-11-27-18(17(14)19(24)26-4-2)20-15(21)9-10-16(22)23/h5-8,11H,3-4,9-10H2,1-2H3,(H,20,21)(H,22,23). The summed E-state index contributed by atoms with van der Waals surface area (Å²) in [6.07, 6.45) is -0.453. The van der Waals surface area contributed by atoms with E-state index in [9.17, 15) is 14.4 Å². The van der Waals surface area contributed by atoms with Gasteiger partial charge in [-0.3, -0.25) is 9.59 Å². The van der Waals surface area contributed by atoms with Gasteiger partial charge < -0.3 is 19.9 Å². The Morgan fingerprint density at radius 1 is 1.07 bits per heavy atom. The van der Waals surface area contributed by atoms with Crippen LogP contribution in [0.4, 0.5) is 5.00 Å². The molecule has 8 heteroatoms. The fourth-order valence-corrected chi connectivity index (χ4v) is 3.35. The number of benzene rings is 1. The van der Waals surface area contributed by atoms with E-state index in [1.54, 1.807) is 24.4 Å². The summed E-state index contributed by atoms with van der Waals surface area (Å²) >= 11 is 1.19. The molecule has 0 radical (unpaired) electrons. The van der Waals surface area contributed by atoms with Crippen LogP contribution in [0.3, 0.4) is 0 Å². The van der Waals surface area contributed by atoms with Crippen LogP contribution in [-0.4, -0.2) is 36.2 Å². The molecule has 0 fully saturated rings. The number of esters is 1. The molecule has 0 saturated heterocycles. The normalized spacial score (nSPS) is 10.3. The zero-order valence-corrected chi connectivity index (χ0v) is 15.9.